The van der Waals surface area contributed by atoms with E-state index in [1.54, 1.807) is 11.8 Å². The molecule has 3 heteroatoms. The van der Waals surface area contributed by atoms with E-state index >= 15 is 0 Å². The molecule has 0 bridgehead atoms. The second-order valence-electron chi connectivity index (χ2n) is 3.42. The van der Waals surface area contributed by atoms with Crippen molar-refractivity contribution in [2.45, 2.75) is 24.3 Å². The zero-order valence-electron chi connectivity index (χ0n) is 8.24. The molecule has 0 saturated carbocycles. The first-order valence-electron chi connectivity index (χ1n) is 4.58. The molecule has 14 heavy (non-hydrogen) atoms. The van der Waals surface area contributed by atoms with Crippen LogP contribution in [0.4, 0.5) is 0 Å². The number of carbonyl (C=O) groups excluding carboxylic acids is 1. The van der Waals surface area contributed by atoms with E-state index < -0.39 is 0 Å². The predicted octanol–water partition coefficient (Wildman–Crippen LogP) is 2.76. The van der Waals surface area contributed by atoms with Crippen LogP contribution in [0, 0.1) is 0 Å². The summed E-state index contributed by atoms with van der Waals surface area (Å²) in [7, 11) is 0. The molecule has 0 amide bonds. The zero-order valence-corrected chi connectivity index (χ0v) is 9.06. The normalized spacial score (nSPS) is 20.1. The molecule has 74 valence electrons. The molecule has 1 aromatic carbocycles. The minimum absolute atomic E-state index is 0.00938. The molecule has 2 rings (SSSR count). The third-order valence-electron chi connectivity index (χ3n) is 2.29. The van der Waals surface area contributed by atoms with Gasteiger partial charge in [-0.05, 0) is 31.4 Å². The summed E-state index contributed by atoms with van der Waals surface area (Å²) >= 11 is 1.64. The van der Waals surface area contributed by atoms with Crippen LogP contribution in [0.2, 0.25) is 0 Å². The van der Waals surface area contributed by atoms with Crippen molar-refractivity contribution >= 4 is 17.5 Å². The fraction of sp³-hybridized carbons (Fsp3) is 0.364. The number of carbonyl (C=O) groups is 1. The molecular weight excluding hydrogens is 196 g/mol. The Balaban J connectivity index is 2.44. The molecule has 0 aliphatic carbocycles. The van der Waals surface area contributed by atoms with Gasteiger partial charge in [0.1, 0.15) is 11.9 Å². The number of fused-ring (bicyclic) bond motifs is 1. The molecule has 0 saturated heterocycles. The lowest BCUT2D eigenvalue weighted by Gasteiger charge is -2.22. The van der Waals surface area contributed by atoms with E-state index in [2.05, 4.69) is 0 Å². The molecule has 1 aromatic rings. The van der Waals surface area contributed by atoms with Crippen molar-refractivity contribution in [3.8, 4) is 5.75 Å². The first kappa shape index (κ1) is 9.59. The van der Waals surface area contributed by atoms with E-state index in [1.165, 1.54) is 0 Å². The van der Waals surface area contributed by atoms with E-state index in [4.69, 9.17) is 4.74 Å². The van der Waals surface area contributed by atoms with Gasteiger partial charge in [-0.1, -0.05) is 0 Å². The summed E-state index contributed by atoms with van der Waals surface area (Å²) in [6.07, 6.45) is 2.50. The first-order chi connectivity index (χ1) is 6.70. The summed E-state index contributed by atoms with van der Waals surface area (Å²) in [5.74, 6) is 0.918. The molecule has 1 unspecified atom stereocenters. The van der Waals surface area contributed by atoms with E-state index in [-0.39, 0.29) is 11.9 Å². The predicted molar refractivity (Wildman–Crippen MR) is 57.3 cm³/mol. The van der Waals surface area contributed by atoms with Crippen LogP contribution in [-0.2, 0) is 0 Å². The van der Waals surface area contributed by atoms with Crippen LogP contribution >= 0.6 is 11.8 Å². The number of Topliss-reactive ketones (excluding diaryl/α,β-unsaturated/α-hetero) is 1. The smallest absolute Gasteiger partial charge is 0.170 e. The lowest BCUT2D eigenvalue weighted by atomic mass is 10.0. The number of ketones is 1. The van der Waals surface area contributed by atoms with Crippen LogP contribution in [0.25, 0.3) is 0 Å². The molecule has 0 spiro atoms. The van der Waals surface area contributed by atoms with Gasteiger partial charge in [0.2, 0.25) is 0 Å². The highest BCUT2D eigenvalue weighted by atomic mass is 32.2. The highest BCUT2D eigenvalue weighted by Crippen LogP contribution is 2.30. The van der Waals surface area contributed by atoms with Crippen LogP contribution in [0.3, 0.4) is 0 Å². The molecule has 0 N–H and O–H groups in total. The molecule has 0 fully saturated rings. The van der Waals surface area contributed by atoms with Gasteiger partial charge >= 0.3 is 0 Å². The van der Waals surface area contributed by atoms with Crippen molar-refractivity contribution in [2.75, 3.05) is 6.26 Å². The largest absolute Gasteiger partial charge is 0.489 e. The fourth-order valence-electron chi connectivity index (χ4n) is 1.59. The van der Waals surface area contributed by atoms with Gasteiger partial charge in [0, 0.05) is 11.3 Å². The lowest BCUT2D eigenvalue weighted by Crippen LogP contribution is -2.23. The quantitative estimate of drug-likeness (QED) is 0.664. The fourth-order valence-corrected chi connectivity index (χ4v) is 2.03. The summed E-state index contributed by atoms with van der Waals surface area (Å²) in [6.45, 7) is 1.92. The van der Waals surface area contributed by atoms with Gasteiger partial charge < -0.3 is 4.74 Å². The minimum atomic E-state index is 0.00938. The number of hydrogen-bond donors (Lipinski definition) is 0. The molecule has 1 aliphatic heterocycles. The van der Waals surface area contributed by atoms with Gasteiger partial charge in [0.25, 0.3) is 0 Å². The summed E-state index contributed by atoms with van der Waals surface area (Å²) in [5.41, 5.74) is 0.731. The van der Waals surface area contributed by atoms with Crippen molar-refractivity contribution < 1.29 is 9.53 Å². The Hall–Kier alpha value is -0.960. The van der Waals surface area contributed by atoms with Gasteiger partial charge in [0.05, 0.1) is 5.56 Å². The maximum atomic E-state index is 11.7. The van der Waals surface area contributed by atoms with Gasteiger partial charge in [-0.15, -0.1) is 11.8 Å². The molecule has 0 aromatic heterocycles. The number of benzene rings is 1. The summed E-state index contributed by atoms with van der Waals surface area (Å²) in [5, 5.41) is 0. The average Bonchev–Trinajstić information content (AvgIpc) is 2.17. The van der Waals surface area contributed by atoms with E-state index in [1.807, 2.05) is 31.4 Å². The Morgan fingerprint density at radius 2 is 2.29 bits per heavy atom. The number of ether oxygens (including phenoxy) is 1. The van der Waals surface area contributed by atoms with Crippen LogP contribution in [-0.4, -0.2) is 18.1 Å². The number of hydrogen-bond acceptors (Lipinski definition) is 3. The molecule has 0 radical (unpaired) electrons. The highest BCUT2D eigenvalue weighted by Gasteiger charge is 2.23. The van der Waals surface area contributed by atoms with Crippen LogP contribution in [0.15, 0.2) is 23.1 Å². The van der Waals surface area contributed by atoms with Crippen molar-refractivity contribution in [3.05, 3.63) is 23.8 Å². The van der Waals surface area contributed by atoms with Crippen LogP contribution in [0.5, 0.6) is 5.75 Å². The lowest BCUT2D eigenvalue weighted by molar-refractivity contribution is 0.0870. The Kier molecular flexibility index (Phi) is 2.50. The Morgan fingerprint density at radius 3 is 3.00 bits per heavy atom. The maximum absolute atomic E-state index is 11.7. The topological polar surface area (TPSA) is 26.3 Å². The Bertz CT molecular complexity index is 374. The summed E-state index contributed by atoms with van der Waals surface area (Å²) in [4.78, 5) is 12.8. The van der Waals surface area contributed by atoms with Crippen molar-refractivity contribution in [1.29, 1.82) is 0 Å². The zero-order chi connectivity index (χ0) is 10.1. The number of rotatable bonds is 1. The molecule has 1 atom stereocenters. The molecule has 1 aliphatic rings. The van der Waals surface area contributed by atoms with Gasteiger partial charge in [-0.2, -0.15) is 0 Å². The molecular formula is C11H12O2S. The summed E-state index contributed by atoms with van der Waals surface area (Å²) < 4.78 is 5.57. The minimum Gasteiger partial charge on any atom is -0.489 e. The monoisotopic (exact) mass is 208 g/mol. The van der Waals surface area contributed by atoms with Crippen molar-refractivity contribution in [2.24, 2.45) is 0 Å². The van der Waals surface area contributed by atoms with Gasteiger partial charge in [-0.25, -0.2) is 0 Å². The second-order valence-corrected chi connectivity index (χ2v) is 4.30. The number of thioether (sulfide) groups is 1. The first-order valence-corrected chi connectivity index (χ1v) is 5.81. The SMILES string of the molecule is CSc1ccc2c(c1)C(=O)CC(C)O2. The van der Waals surface area contributed by atoms with E-state index in [0.717, 1.165) is 16.2 Å². The van der Waals surface area contributed by atoms with Crippen molar-refractivity contribution in [1.82, 2.24) is 0 Å². The average molecular weight is 208 g/mol. The second kappa shape index (κ2) is 3.65. The third kappa shape index (κ3) is 1.64. The van der Waals surface area contributed by atoms with E-state index in [0.29, 0.717) is 6.42 Å². The standard InChI is InChI=1S/C11H12O2S/c1-7-5-10(12)9-6-8(14-2)3-4-11(9)13-7/h3-4,6-7H,5H2,1-2H3. The molecule has 1 heterocycles. The Labute approximate surface area is 87.6 Å². The van der Waals surface area contributed by atoms with Crippen molar-refractivity contribution in [3.63, 3.8) is 0 Å². The maximum Gasteiger partial charge on any atom is 0.170 e. The van der Waals surface area contributed by atoms with Crippen LogP contribution in [0.1, 0.15) is 23.7 Å². The molecule has 2 nitrogen and oxygen atoms in total. The van der Waals surface area contributed by atoms with Gasteiger partial charge in [-0.3, -0.25) is 4.79 Å². The van der Waals surface area contributed by atoms with Gasteiger partial charge in [0.15, 0.2) is 5.78 Å². The highest BCUT2D eigenvalue weighted by molar-refractivity contribution is 7.98. The van der Waals surface area contributed by atoms with Crippen LogP contribution < -0.4 is 4.74 Å². The van der Waals surface area contributed by atoms with E-state index in [9.17, 15) is 4.79 Å². The summed E-state index contributed by atoms with van der Waals surface area (Å²) in [6, 6.07) is 5.78. The Morgan fingerprint density at radius 1 is 1.50 bits per heavy atom. The third-order valence-corrected chi connectivity index (χ3v) is 3.01.